The first-order valence-electron chi connectivity index (χ1n) is 19.8. The van der Waals surface area contributed by atoms with Crippen molar-refractivity contribution in [1.82, 2.24) is 19.1 Å². The van der Waals surface area contributed by atoms with E-state index in [2.05, 4.69) is 95.6 Å². The van der Waals surface area contributed by atoms with Crippen LogP contribution < -0.4 is 0 Å². The standard InChI is InChI=1S/C48H30N4/c1-3-14-32(15-4-1)46-39-26-23-31-13-7-8-18-36(31)47(39)50-48(49-46)52-43-22-12-10-20-38(43)41-30-34(25-28-45(41)52)33-24-27-44-40(29-33)37-19-9-11-21-42(37)51(44)35-16-5-2-6-17-35/h1-30H/i1D,3D,4D,14D,15D. The minimum Gasteiger partial charge on any atom is -0.309 e. The molecule has 0 fully saturated rings. The van der Waals surface area contributed by atoms with Gasteiger partial charge in [0.25, 0.3) is 0 Å². The fourth-order valence-corrected chi connectivity index (χ4v) is 7.89. The van der Waals surface area contributed by atoms with Gasteiger partial charge in [-0.3, -0.25) is 4.57 Å². The summed E-state index contributed by atoms with van der Waals surface area (Å²) < 4.78 is 47.4. The topological polar surface area (TPSA) is 35.6 Å². The molecule has 11 aromatic rings. The number of nitrogens with zero attached hydrogens (tertiary/aromatic N) is 4. The molecule has 0 aliphatic carbocycles. The summed E-state index contributed by atoms with van der Waals surface area (Å²) in [5.74, 6) is 0.342. The Hall–Kier alpha value is -7.04. The van der Waals surface area contributed by atoms with Crippen molar-refractivity contribution in [2.45, 2.75) is 0 Å². The molecule has 3 heterocycles. The first kappa shape index (κ1) is 24.2. The second kappa shape index (κ2) is 11.2. The third-order valence-electron chi connectivity index (χ3n) is 10.2. The molecule has 4 heteroatoms. The third-order valence-corrected chi connectivity index (χ3v) is 10.2. The minimum absolute atomic E-state index is 0.0389. The molecule has 0 atom stereocenters. The lowest BCUT2D eigenvalue weighted by molar-refractivity contribution is 1.02. The zero-order valence-corrected chi connectivity index (χ0v) is 27.7. The molecule has 0 radical (unpaired) electrons. The monoisotopic (exact) mass is 667 g/mol. The summed E-state index contributed by atoms with van der Waals surface area (Å²) in [6.07, 6.45) is 0. The zero-order valence-electron chi connectivity index (χ0n) is 32.7. The van der Waals surface area contributed by atoms with Crippen LogP contribution in [0.25, 0.3) is 99.3 Å². The van der Waals surface area contributed by atoms with Crippen molar-refractivity contribution in [1.29, 1.82) is 0 Å². The quantitative estimate of drug-likeness (QED) is 0.175. The number of fused-ring (bicyclic) bond motifs is 9. The van der Waals surface area contributed by atoms with Gasteiger partial charge in [0.1, 0.15) is 0 Å². The van der Waals surface area contributed by atoms with Gasteiger partial charge in [-0.05, 0) is 71.1 Å². The van der Waals surface area contributed by atoms with Crippen LogP contribution in [0, 0.1) is 0 Å². The van der Waals surface area contributed by atoms with Gasteiger partial charge in [-0.25, -0.2) is 9.97 Å². The molecular weight excluding hydrogens is 633 g/mol. The summed E-state index contributed by atoms with van der Waals surface area (Å²) in [7, 11) is 0. The Kier molecular flexibility index (Phi) is 5.22. The van der Waals surface area contributed by atoms with Crippen LogP contribution >= 0.6 is 0 Å². The van der Waals surface area contributed by atoms with Crippen molar-refractivity contribution < 1.29 is 6.85 Å². The molecule has 4 nitrogen and oxygen atoms in total. The Morgan fingerprint density at radius 3 is 1.69 bits per heavy atom. The lowest BCUT2D eigenvalue weighted by Gasteiger charge is -2.13. The highest BCUT2D eigenvalue weighted by molar-refractivity contribution is 6.13. The van der Waals surface area contributed by atoms with E-state index in [0.717, 1.165) is 60.4 Å². The normalized spacial score (nSPS) is 13.2. The molecule has 0 saturated carbocycles. The molecule has 242 valence electrons. The third kappa shape index (κ3) is 4.28. The first-order chi connectivity index (χ1) is 27.9. The highest BCUT2D eigenvalue weighted by atomic mass is 15.2. The van der Waals surface area contributed by atoms with Gasteiger partial charge in [0.15, 0.2) is 0 Å². The Morgan fingerprint density at radius 2 is 0.981 bits per heavy atom. The van der Waals surface area contributed by atoms with E-state index in [9.17, 15) is 0 Å². The van der Waals surface area contributed by atoms with Gasteiger partial charge in [0, 0.05) is 43.6 Å². The Morgan fingerprint density at radius 1 is 0.404 bits per heavy atom. The van der Waals surface area contributed by atoms with E-state index in [4.69, 9.17) is 16.8 Å². The highest BCUT2D eigenvalue weighted by Gasteiger charge is 2.19. The summed E-state index contributed by atoms with van der Waals surface area (Å²) >= 11 is 0. The minimum atomic E-state index is -0.447. The number of rotatable bonds is 4. The van der Waals surface area contributed by atoms with Crippen LogP contribution in [0.1, 0.15) is 6.85 Å². The molecule has 0 aliphatic heterocycles. The predicted octanol–water partition coefficient (Wildman–Crippen LogP) is 12.3. The van der Waals surface area contributed by atoms with Gasteiger partial charge in [-0.2, -0.15) is 0 Å². The average molecular weight is 668 g/mol. The number of para-hydroxylation sites is 3. The number of benzene rings is 8. The maximum atomic E-state index is 8.92. The second-order valence-electron chi connectivity index (χ2n) is 13.1. The van der Waals surface area contributed by atoms with Crippen molar-refractivity contribution in [3.63, 3.8) is 0 Å². The van der Waals surface area contributed by atoms with Crippen LogP contribution in [0.5, 0.6) is 0 Å². The van der Waals surface area contributed by atoms with E-state index < -0.39 is 18.1 Å². The number of hydrogen-bond donors (Lipinski definition) is 0. The van der Waals surface area contributed by atoms with Gasteiger partial charge in [0.2, 0.25) is 5.95 Å². The van der Waals surface area contributed by atoms with Crippen molar-refractivity contribution in [2.24, 2.45) is 0 Å². The van der Waals surface area contributed by atoms with Gasteiger partial charge < -0.3 is 4.57 Å². The van der Waals surface area contributed by atoms with Crippen LogP contribution in [-0.4, -0.2) is 19.1 Å². The highest BCUT2D eigenvalue weighted by Crippen LogP contribution is 2.39. The first-order valence-corrected chi connectivity index (χ1v) is 17.3. The summed E-state index contributed by atoms with van der Waals surface area (Å²) in [4.78, 5) is 10.3. The van der Waals surface area contributed by atoms with Crippen molar-refractivity contribution in [3.8, 4) is 34.0 Å². The Labute approximate surface area is 306 Å². The zero-order chi connectivity index (χ0) is 38.5. The molecule has 0 N–H and O–H groups in total. The molecule has 0 amide bonds. The van der Waals surface area contributed by atoms with Crippen molar-refractivity contribution >= 4 is 65.3 Å². The van der Waals surface area contributed by atoms with Gasteiger partial charge >= 0.3 is 0 Å². The maximum absolute atomic E-state index is 8.92. The van der Waals surface area contributed by atoms with E-state index in [0.29, 0.717) is 16.9 Å². The van der Waals surface area contributed by atoms with E-state index in [1.54, 1.807) is 0 Å². The summed E-state index contributed by atoms with van der Waals surface area (Å²) in [6.45, 7) is 0. The van der Waals surface area contributed by atoms with E-state index >= 15 is 0 Å². The smallest absolute Gasteiger partial charge is 0.235 e. The molecule has 3 aromatic heterocycles. The van der Waals surface area contributed by atoms with Gasteiger partial charge in [-0.1, -0.05) is 127 Å². The molecule has 0 unspecified atom stereocenters. The Balaban J connectivity index is 1.16. The van der Waals surface area contributed by atoms with Gasteiger partial charge in [0.05, 0.1) is 40.1 Å². The largest absolute Gasteiger partial charge is 0.309 e. The van der Waals surface area contributed by atoms with Crippen LogP contribution in [0.15, 0.2) is 182 Å². The SMILES string of the molecule is [2H]c1c([2H])c([2H])c(-c2nc(-n3c4ccccc4c4cc(-c5ccc6c(c5)c5ccccc5n6-c5ccccc5)ccc43)nc3c2ccc2ccccc23)c([2H])c1[2H]. The maximum Gasteiger partial charge on any atom is 0.235 e. The fraction of sp³-hybridized carbons (Fsp3) is 0. The lowest BCUT2D eigenvalue weighted by Crippen LogP contribution is -2.03. The molecule has 0 aliphatic rings. The second-order valence-corrected chi connectivity index (χ2v) is 13.1. The van der Waals surface area contributed by atoms with E-state index in [-0.39, 0.29) is 23.3 Å². The predicted molar refractivity (Wildman–Crippen MR) is 217 cm³/mol. The fourth-order valence-electron chi connectivity index (χ4n) is 7.89. The summed E-state index contributed by atoms with van der Waals surface area (Å²) in [5, 5.41) is 6.83. The summed E-state index contributed by atoms with van der Waals surface area (Å²) in [6, 6.07) is 50.1. The van der Waals surface area contributed by atoms with E-state index in [1.807, 2.05) is 65.2 Å². The molecule has 0 bridgehead atoms. The number of hydrogen-bond acceptors (Lipinski definition) is 2. The molecule has 8 aromatic carbocycles. The summed E-state index contributed by atoms with van der Waals surface area (Å²) in [5.41, 5.74) is 8.28. The number of aromatic nitrogens is 4. The van der Waals surface area contributed by atoms with Crippen molar-refractivity contribution in [2.75, 3.05) is 0 Å². The van der Waals surface area contributed by atoms with Crippen LogP contribution in [0.3, 0.4) is 0 Å². The molecule has 11 rings (SSSR count). The van der Waals surface area contributed by atoms with Crippen LogP contribution in [-0.2, 0) is 0 Å². The molecular formula is C48H30N4. The van der Waals surface area contributed by atoms with Crippen LogP contribution in [0.2, 0.25) is 0 Å². The van der Waals surface area contributed by atoms with Crippen molar-refractivity contribution in [3.05, 3.63) is 182 Å². The average Bonchev–Trinajstić information content (AvgIpc) is 3.77. The molecule has 52 heavy (non-hydrogen) atoms. The lowest BCUT2D eigenvalue weighted by atomic mass is 10.0. The molecule has 0 saturated heterocycles. The molecule has 0 spiro atoms. The van der Waals surface area contributed by atoms with Gasteiger partial charge in [-0.15, -0.1) is 0 Å². The Bertz CT molecular complexity index is 3450. The van der Waals surface area contributed by atoms with E-state index in [1.165, 1.54) is 10.8 Å². The van der Waals surface area contributed by atoms with Crippen LogP contribution in [0.4, 0.5) is 0 Å².